The summed E-state index contributed by atoms with van der Waals surface area (Å²) in [5.74, 6) is 0. The minimum absolute atomic E-state index is 0.0377. The van der Waals surface area contributed by atoms with E-state index in [-0.39, 0.29) is 5.41 Å². The Labute approximate surface area is 210 Å². The number of aromatic nitrogens is 1. The Morgan fingerprint density at radius 3 is 2.17 bits per heavy atom. The van der Waals surface area contributed by atoms with Gasteiger partial charge in [0.15, 0.2) is 0 Å². The van der Waals surface area contributed by atoms with E-state index in [0.717, 1.165) is 21.8 Å². The molecule has 35 heavy (non-hydrogen) atoms. The lowest BCUT2D eigenvalue weighted by molar-refractivity contribution is 0.661. The van der Waals surface area contributed by atoms with Crippen LogP contribution < -0.4 is 0 Å². The van der Waals surface area contributed by atoms with Gasteiger partial charge in [-0.1, -0.05) is 92.2 Å². The van der Waals surface area contributed by atoms with Crippen LogP contribution in [0.4, 0.5) is 0 Å². The largest absolute Gasteiger partial charge is 0.309 e. The van der Waals surface area contributed by atoms with Gasteiger partial charge in [0.05, 0.1) is 11.0 Å². The van der Waals surface area contributed by atoms with Crippen molar-refractivity contribution in [2.45, 2.75) is 19.3 Å². The standard InChI is InChI=1S/C33H24ClN/c1-33(2)29-15-5-3-13-25(29)27-19-28-26-14-4-6-16-31(26)35(32(28)20-30(27)33)24-12-8-10-22(18-24)21-9-7-11-23(34)17-21/h3-20H,1-2H3. The van der Waals surface area contributed by atoms with Crippen LogP contribution in [0, 0.1) is 0 Å². The molecule has 0 saturated heterocycles. The Morgan fingerprint density at radius 2 is 1.31 bits per heavy atom. The van der Waals surface area contributed by atoms with Crippen molar-refractivity contribution in [1.82, 2.24) is 4.57 Å². The van der Waals surface area contributed by atoms with Crippen LogP contribution in [0.15, 0.2) is 109 Å². The number of fused-ring (bicyclic) bond motifs is 6. The van der Waals surface area contributed by atoms with E-state index in [4.69, 9.17) is 11.6 Å². The fraction of sp³-hybridized carbons (Fsp3) is 0.0909. The average Bonchev–Trinajstić information content (AvgIpc) is 3.32. The molecule has 7 rings (SSSR count). The third-order valence-electron chi connectivity index (χ3n) is 7.64. The lowest BCUT2D eigenvalue weighted by Gasteiger charge is -2.21. The van der Waals surface area contributed by atoms with E-state index in [9.17, 15) is 0 Å². The molecule has 0 aliphatic heterocycles. The summed E-state index contributed by atoms with van der Waals surface area (Å²) in [6.45, 7) is 4.69. The zero-order valence-electron chi connectivity index (χ0n) is 19.7. The Morgan fingerprint density at radius 1 is 0.571 bits per heavy atom. The summed E-state index contributed by atoms with van der Waals surface area (Å²) < 4.78 is 2.41. The lowest BCUT2D eigenvalue weighted by Crippen LogP contribution is -2.14. The number of nitrogens with zero attached hydrogens (tertiary/aromatic N) is 1. The molecule has 0 unspecified atom stereocenters. The summed E-state index contributed by atoms with van der Waals surface area (Å²) in [5.41, 5.74) is 11.4. The van der Waals surface area contributed by atoms with Crippen molar-refractivity contribution in [3.05, 3.63) is 125 Å². The molecule has 168 valence electrons. The summed E-state index contributed by atoms with van der Waals surface area (Å²) in [6, 6.07) is 39.3. The van der Waals surface area contributed by atoms with Gasteiger partial charge in [-0.05, 0) is 75.8 Å². The van der Waals surface area contributed by atoms with E-state index in [1.807, 2.05) is 18.2 Å². The average molecular weight is 470 g/mol. The highest BCUT2D eigenvalue weighted by molar-refractivity contribution is 6.30. The van der Waals surface area contributed by atoms with Crippen LogP contribution in [0.1, 0.15) is 25.0 Å². The van der Waals surface area contributed by atoms with Gasteiger partial charge >= 0.3 is 0 Å². The van der Waals surface area contributed by atoms with Crippen molar-refractivity contribution in [1.29, 1.82) is 0 Å². The van der Waals surface area contributed by atoms with Crippen LogP contribution in [0.5, 0.6) is 0 Å². The van der Waals surface area contributed by atoms with Gasteiger partial charge < -0.3 is 4.57 Å². The Balaban J connectivity index is 1.54. The van der Waals surface area contributed by atoms with Gasteiger partial charge in [0, 0.05) is 26.9 Å². The molecule has 0 fully saturated rings. The normalized spacial score (nSPS) is 13.8. The highest BCUT2D eigenvalue weighted by Crippen LogP contribution is 2.50. The van der Waals surface area contributed by atoms with Crippen LogP contribution in [0.2, 0.25) is 5.02 Å². The van der Waals surface area contributed by atoms with E-state index in [1.165, 1.54) is 44.1 Å². The summed E-state index contributed by atoms with van der Waals surface area (Å²) >= 11 is 6.30. The van der Waals surface area contributed by atoms with Gasteiger partial charge in [-0.25, -0.2) is 0 Å². The summed E-state index contributed by atoms with van der Waals surface area (Å²) in [7, 11) is 0. The molecule has 0 bridgehead atoms. The Hall–Kier alpha value is -3.81. The number of rotatable bonds is 2. The second kappa shape index (κ2) is 7.34. The molecule has 6 aromatic rings. The lowest BCUT2D eigenvalue weighted by atomic mass is 9.82. The van der Waals surface area contributed by atoms with Crippen LogP contribution in [0.3, 0.4) is 0 Å². The predicted molar refractivity (Wildman–Crippen MR) is 149 cm³/mol. The molecule has 1 heterocycles. The van der Waals surface area contributed by atoms with E-state index in [0.29, 0.717) is 0 Å². The van der Waals surface area contributed by atoms with Gasteiger partial charge in [-0.2, -0.15) is 0 Å². The van der Waals surface area contributed by atoms with Crippen LogP contribution in [0.25, 0.3) is 49.7 Å². The first-order valence-corrected chi connectivity index (χ1v) is 12.4. The smallest absolute Gasteiger partial charge is 0.0544 e. The first kappa shape index (κ1) is 20.6. The summed E-state index contributed by atoms with van der Waals surface area (Å²) in [6.07, 6.45) is 0. The third kappa shape index (κ3) is 2.95. The minimum Gasteiger partial charge on any atom is -0.309 e. The molecule has 0 atom stereocenters. The number of hydrogen-bond acceptors (Lipinski definition) is 0. The summed E-state index contributed by atoms with van der Waals surface area (Å²) in [5, 5.41) is 3.32. The molecule has 0 radical (unpaired) electrons. The zero-order valence-corrected chi connectivity index (χ0v) is 20.5. The molecule has 1 nitrogen and oxygen atoms in total. The molecule has 1 aliphatic rings. The number of hydrogen-bond donors (Lipinski definition) is 0. The van der Waals surface area contributed by atoms with Crippen molar-refractivity contribution in [3.63, 3.8) is 0 Å². The zero-order chi connectivity index (χ0) is 23.7. The highest BCUT2D eigenvalue weighted by Gasteiger charge is 2.36. The second-order valence-electron chi connectivity index (χ2n) is 10.00. The van der Waals surface area contributed by atoms with Gasteiger partial charge in [0.1, 0.15) is 0 Å². The van der Waals surface area contributed by atoms with Crippen LogP contribution in [-0.4, -0.2) is 4.57 Å². The summed E-state index contributed by atoms with van der Waals surface area (Å²) in [4.78, 5) is 0. The van der Waals surface area contributed by atoms with Gasteiger partial charge in [0.25, 0.3) is 0 Å². The number of benzene rings is 5. The Bertz CT molecular complexity index is 1790. The molecule has 2 heteroatoms. The first-order valence-electron chi connectivity index (χ1n) is 12.1. The van der Waals surface area contributed by atoms with Gasteiger partial charge in [0.2, 0.25) is 0 Å². The van der Waals surface area contributed by atoms with Crippen molar-refractivity contribution >= 4 is 33.4 Å². The van der Waals surface area contributed by atoms with Crippen molar-refractivity contribution in [2.75, 3.05) is 0 Å². The van der Waals surface area contributed by atoms with Crippen LogP contribution >= 0.6 is 11.6 Å². The highest BCUT2D eigenvalue weighted by atomic mass is 35.5. The molecule has 0 N–H and O–H groups in total. The van der Waals surface area contributed by atoms with E-state index < -0.39 is 0 Å². The Kier molecular flexibility index (Phi) is 4.31. The predicted octanol–water partition coefficient (Wildman–Crippen LogP) is 9.41. The second-order valence-corrected chi connectivity index (χ2v) is 10.4. The first-order chi connectivity index (χ1) is 17.0. The fourth-order valence-electron chi connectivity index (χ4n) is 5.93. The van der Waals surface area contributed by atoms with Crippen molar-refractivity contribution < 1.29 is 0 Å². The van der Waals surface area contributed by atoms with E-state index in [1.54, 1.807) is 0 Å². The quantitative estimate of drug-likeness (QED) is 0.238. The molecule has 0 spiro atoms. The number of para-hydroxylation sites is 1. The molecule has 5 aromatic carbocycles. The molecular weight excluding hydrogens is 446 g/mol. The monoisotopic (exact) mass is 469 g/mol. The molecule has 0 amide bonds. The topological polar surface area (TPSA) is 4.93 Å². The molecular formula is C33H24ClN. The molecule has 0 saturated carbocycles. The van der Waals surface area contributed by atoms with E-state index in [2.05, 4.69) is 109 Å². The maximum Gasteiger partial charge on any atom is 0.0544 e. The maximum absolute atomic E-state index is 6.30. The van der Waals surface area contributed by atoms with Gasteiger partial charge in [-0.15, -0.1) is 0 Å². The van der Waals surface area contributed by atoms with Crippen molar-refractivity contribution in [3.8, 4) is 27.9 Å². The van der Waals surface area contributed by atoms with Crippen molar-refractivity contribution in [2.24, 2.45) is 0 Å². The molecule has 1 aromatic heterocycles. The van der Waals surface area contributed by atoms with Crippen LogP contribution in [-0.2, 0) is 5.41 Å². The van der Waals surface area contributed by atoms with Gasteiger partial charge in [-0.3, -0.25) is 0 Å². The fourth-order valence-corrected chi connectivity index (χ4v) is 6.12. The maximum atomic E-state index is 6.30. The van der Waals surface area contributed by atoms with E-state index >= 15 is 0 Å². The molecule has 1 aliphatic carbocycles. The minimum atomic E-state index is -0.0377. The SMILES string of the molecule is CC1(C)c2ccccc2-c2cc3c4ccccc4n(-c4cccc(-c5cccc(Cl)c5)c4)c3cc21. The number of halogens is 1. The third-order valence-corrected chi connectivity index (χ3v) is 7.87.